The molecule has 0 radical (unpaired) electrons. The smallest absolute Gasteiger partial charge is 0.309 e. The number of sulfone groups is 1. The highest BCUT2D eigenvalue weighted by atomic mass is 32.2. The average Bonchev–Trinajstić information content (AvgIpc) is 3.78. The number of nitrogens with zero attached hydrogens (tertiary/aromatic N) is 1. The van der Waals surface area contributed by atoms with Gasteiger partial charge in [0.05, 0.1) is 36.3 Å². The Bertz CT molecular complexity index is 1670. The lowest BCUT2D eigenvalue weighted by atomic mass is 9.93. The topological polar surface area (TPSA) is 165 Å². The second kappa shape index (κ2) is 12.0. The van der Waals surface area contributed by atoms with Crippen molar-refractivity contribution in [1.82, 2.24) is 4.90 Å². The third kappa shape index (κ3) is 5.87. The quantitative estimate of drug-likeness (QED) is 0.295. The molecule has 2 fully saturated rings. The van der Waals surface area contributed by atoms with Gasteiger partial charge in [-0.2, -0.15) is 0 Å². The van der Waals surface area contributed by atoms with Gasteiger partial charge in [0.1, 0.15) is 6.04 Å². The van der Waals surface area contributed by atoms with Crippen LogP contribution in [0.5, 0.6) is 11.5 Å². The summed E-state index contributed by atoms with van der Waals surface area (Å²) in [6, 6.07) is 15.6. The van der Waals surface area contributed by atoms with E-state index in [0.29, 0.717) is 35.6 Å². The molecule has 1 heterocycles. The zero-order chi connectivity index (χ0) is 30.9. The molecule has 11 nitrogen and oxygen atoms in total. The Morgan fingerprint density at radius 3 is 2.33 bits per heavy atom. The average molecular weight is 608 g/mol. The van der Waals surface area contributed by atoms with E-state index in [2.05, 4.69) is 5.32 Å². The van der Waals surface area contributed by atoms with Gasteiger partial charge in [-0.3, -0.25) is 14.4 Å². The Morgan fingerprint density at radius 2 is 1.67 bits per heavy atom. The van der Waals surface area contributed by atoms with Crippen molar-refractivity contribution < 1.29 is 37.4 Å². The first-order chi connectivity index (χ1) is 20.6. The first kappa shape index (κ1) is 29.9. The number of anilines is 1. The van der Waals surface area contributed by atoms with Gasteiger partial charge < -0.3 is 30.5 Å². The van der Waals surface area contributed by atoms with Gasteiger partial charge in [-0.15, -0.1) is 0 Å². The van der Waals surface area contributed by atoms with Crippen LogP contribution in [0.15, 0.2) is 71.6 Å². The summed E-state index contributed by atoms with van der Waals surface area (Å²) in [4.78, 5) is 40.4. The lowest BCUT2D eigenvalue weighted by Crippen LogP contribution is -2.40. The number of carbonyl (C=O) groups excluding carboxylic acids is 2. The molecule has 3 unspecified atom stereocenters. The molecule has 2 amide bonds. The Morgan fingerprint density at radius 1 is 0.953 bits per heavy atom. The van der Waals surface area contributed by atoms with Crippen molar-refractivity contribution in [3.8, 4) is 11.5 Å². The number of primary amides is 1. The molecular weight excluding hydrogens is 574 g/mol. The highest BCUT2D eigenvalue weighted by Crippen LogP contribution is 2.44. The summed E-state index contributed by atoms with van der Waals surface area (Å²) in [5.41, 5.74) is 6.89. The van der Waals surface area contributed by atoms with E-state index in [9.17, 15) is 27.9 Å². The molecule has 1 saturated carbocycles. The Kier molecular flexibility index (Phi) is 8.32. The number of rotatable bonds is 11. The second-order valence-electron chi connectivity index (χ2n) is 10.6. The van der Waals surface area contributed by atoms with E-state index in [1.807, 2.05) is 0 Å². The van der Waals surface area contributed by atoms with Crippen LogP contribution in [0.1, 0.15) is 52.8 Å². The third-order valence-corrected chi connectivity index (χ3v) is 10.3. The van der Waals surface area contributed by atoms with Crippen molar-refractivity contribution >= 4 is 33.3 Å². The number of carbonyl (C=O) groups is 3. The maximum Gasteiger partial charge on any atom is 0.309 e. The van der Waals surface area contributed by atoms with Gasteiger partial charge in [-0.25, -0.2) is 8.42 Å². The molecule has 1 saturated heterocycles. The molecule has 5 rings (SSSR count). The van der Waals surface area contributed by atoms with Crippen LogP contribution < -0.4 is 20.5 Å². The van der Waals surface area contributed by atoms with Crippen LogP contribution in [0, 0.1) is 5.92 Å². The number of benzene rings is 3. The number of hydrogen-bond acceptors (Lipinski definition) is 8. The summed E-state index contributed by atoms with van der Waals surface area (Å²) in [7, 11) is -0.750. The van der Waals surface area contributed by atoms with Crippen LogP contribution in [0.2, 0.25) is 0 Å². The Balaban J connectivity index is 1.61. The summed E-state index contributed by atoms with van der Waals surface area (Å²) in [6.07, 6.45) is 1.23. The second-order valence-corrected chi connectivity index (χ2v) is 12.8. The number of ether oxygens (including phenoxy) is 2. The van der Waals surface area contributed by atoms with Crippen LogP contribution in [-0.4, -0.2) is 62.2 Å². The summed E-state index contributed by atoms with van der Waals surface area (Å²) in [6.45, 7) is 0.0884. The molecule has 0 bridgehead atoms. The minimum Gasteiger partial charge on any atom is -0.493 e. The first-order valence-electron chi connectivity index (χ1n) is 13.8. The Labute approximate surface area is 249 Å². The van der Waals surface area contributed by atoms with Crippen LogP contribution in [0.25, 0.3) is 0 Å². The van der Waals surface area contributed by atoms with Gasteiger partial charge in [0, 0.05) is 17.8 Å². The van der Waals surface area contributed by atoms with Crippen molar-refractivity contribution in [3.63, 3.8) is 0 Å². The van der Waals surface area contributed by atoms with E-state index in [-0.39, 0.29) is 29.0 Å². The molecule has 12 heteroatoms. The van der Waals surface area contributed by atoms with Crippen molar-refractivity contribution in [2.75, 3.05) is 26.1 Å². The number of aliphatic carboxylic acids is 1. The largest absolute Gasteiger partial charge is 0.493 e. The zero-order valence-electron chi connectivity index (χ0n) is 23.7. The molecule has 226 valence electrons. The molecule has 3 aromatic rings. The number of nitrogens with two attached hydrogens (primary N) is 1. The summed E-state index contributed by atoms with van der Waals surface area (Å²) in [5, 5.41) is 12.9. The van der Waals surface area contributed by atoms with Crippen molar-refractivity contribution in [2.24, 2.45) is 11.7 Å². The van der Waals surface area contributed by atoms with Crippen LogP contribution in [-0.2, 0) is 19.4 Å². The normalized spacial score (nSPS) is 19.0. The zero-order valence-corrected chi connectivity index (χ0v) is 24.5. The van der Waals surface area contributed by atoms with E-state index in [4.69, 9.17) is 15.2 Å². The van der Waals surface area contributed by atoms with Crippen LogP contribution >= 0.6 is 0 Å². The van der Waals surface area contributed by atoms with Crippen molar-refractivity contribution in [3.05, 3.63) is 83.4 Å². The minimum atomic E-state index is -3.70. The standard InChI is InChI=1S/C31H33N3O8S/c1-41-24-13-10-18(17-25(24)42-2)27(33-20-7-5-6-19(16-20)29(32)35)30(36)34-15-14-23(31(37)38)28(34)22-8-3-4-9-26(22)43(39,40)21-11-12-21/h3-10,13,16-17,21,23,27-28,33H,11-12,14-15H2,1-2H3,(H2,32,35)(H,37,38). The minimum absolute atomic E-state index is 0.0539. The lowest BCUT2D eigenvalue weighted by molar-refractivity contribution is -0.143. The number of carboxylic acid groups (broad SMARTS) is 1. The molecule has 43 heavy (non-hydrogen) atoms. The maximum absolute atomic E-state index is 14.5. The van der Waals surface area contributed by atoms with E-state index in [1.54, 1.807) is 54.6 Å². The highest BCUT2D eigenvalue weighted by Gasteiger charge is 2.47. The maximum atomic E-state index is 14.5. The van der Waals surface area contributed by atoms with Crippen LogP contribution in [0.4, 0.5) is 5.69 Å². The summed E-state index contributed by atoms with van der Waals surface area (Å²) < 4.78 is 37.7. The van der Waals surface area contributed by atoms with E-state index in [0.717, 1.165) is 0 Å². The number of methoxy groups -OCH3 is 2. The summed E-state index contributed by atoms with van der Waals surface area (Å²) >= 11 is 0. The van der Waals surface area contributed by atoms with E-state index >= 15 is 0 Å². The summed E-state index contributed by atoms with van der Waals surface area (Å²) in [5.74, 6) is -2.46. The predicted octanol–water partition coefficient (Wildman–Crippen LogP) is 3.57. The van der Waals surface area contributed by atoms with Crippen molar-refractivity contribution in [1.29, 1.82) is 0 Å². The molecular formula is C31H33N3O8S. The number of amides is 2. The van der Waals surface area contributed by atoms with Gasteiger partial charge in [0.25, 0.3) is 0 Å². The molecule has 0 aromatic heterocycles. The molecule has 0 spiro atoms. The number of hydrogen-bond donors (Lipinski definition) is 3. The monoisotopic (exact) mass is 607 g/mol. The fraction of sp³-hybridized carbons (Fsp3) is 0.323. The molecule has 3 atom stereocenters. The van der Waals surface area contributed by atoms with Gasteiger partial charge in [-0.1, -0.05) is 30.3 Å². The first-order valence-corrected chi connectivity index (χ1v) is 15.4. The van der Waals surface area contributed by atoms with Gasteiger partial charge in [0.15, 0.2) is 21.3 Å². The lowest BCUT2D eigenvalue weighted by Gasteiger charge is -2.32. The molecule has 4 N–H and O–H groups in total. The SMILES string of the molecule is COc1ccc(C(Nc2cccc(C(N)=O)c2)C(=O)N2CCC(C(=O)O)C2c2ccccc2S(=O)(=O)C2CC2)cc1OC. The predicted molar refractivity (Wildman–Crippen MR) is 158 cm³/mol. The van der Waals surface area contributed by atoms with Gasteiger partial charge in [-0.05, 0) is 66.8 Å². The number of carboxylic acids is 1. The molecule has 1 aliphatic heterocycles. The fourth-order valence-electron chi connectivity index (χ4n) is 5.64. The molecule has 1 aliphatic carbocycles. The number of nitrogens with one attached hydrogen (secondary N) is 1. The molecule has 2 aliphatic rings. The van der Waals surface area contributed by atoms with Crippen LogP contribution in [0.3, 0.4) is 0 Å². The molecule has 3 aromatic carbocycles. The van der Waals surface area contributed by atoms with Crippen molar-refractivity contribution in [2.45, 2.75) is 41.5 Å². The highest BCUT2D eigenvalue weighted by molar-refractivity contribution is 7.92. The van der Waals surface area contributed by atoms with Gasteiger partial charge in [0.2, 0.25) is 11.8 Å². The van der Waals surface area contributed by atoms with E-state index < -0.39 is 50.9 Å². The number of likely N-dealkylation sites (tertiary alicyclic amines) is 1. The third-order valence-electron chi connectivity index (χ3n) is 7.95. The van der Waals surface area contributed by atoms with E-state index in [1.165, 1.54) is 31.3 Å². The van der Waals surface area contributed by atoms with Gasteiger partial charge >= 0.3 is 5.97 Å². The fourth-order valence-corrected chi connectivity index (χ4v) is 7.54. The Hall–Kier alpha value is -4.58.